The van der Waals surface area contributed by atoms with Crippen molar-refractivity contribution in [1.82, 2.24) is 20.0 Å². The monoisotopic (exact) mass is 451 g/mol. The fraction of sp³-hybridized carbons (Fsp3) is 0.278. The van der Waals surface area contributed by atoms with Crippen LogP contribution in [0.3, 0.4) is 0 Å². The number of nitrogens with zero attached hydrogens (tertiary/aromatic N) is 6. The third-order valence-electron chi connectivity index (χ3n) is 3.99. The molecule has 8 nitrogen and oxygen atoms in total. The number of aromatic amines is 1. The molecule has 2 heterocycles. The van der Waals surface area contributed by atoms with Gasteiger partial charge in [0.05, 0.1) is 28.0 Å². The molecule has 0 amide bonds. The molecule has 0 aliphatic heterocycles. The Morgan fingerprint density at radius 3 is 2.34 bits per heavy atom. The molecule has 0 spiro atoms. The highest BCUT2D eigenvalue weighted by Gasteiger charge is 2.25. The second kappa shape index (κ2) is 7.67. The lowest BCUT2D eigenvalue weighted by Crippen LogP contribution is -2.11. The van der Waals surface area contributed by atoms with E-state index in [9.17, 15) is 5.11 Å². The lowest BCUT2D eigenvalue weighted by molar-refractivity contribution is 0.434. The third kappa shape index (κ3) is 3.94. The van der Waals surface area contributed by atoms with Gasteiger partial charge in [0.25, 0.3) is 5.69 Å². The number of aryl methyl sites for hydroxylation is 1. The molecule has 2 N–H and O–H groups in total. The summed E-state index contributed by atoms with van der Waals surface area (Å²) in [6, 6.07) is 2.98. The molecule has 150 valence electrons. The molecule has 0 bridgehead atoms. The summed E-state index contributed by atoms with van der Waals surface area (Å²) in [7, 11) is 0. The molecule has 29 heavy (non-hydrogen) atoms. The number of azo groups is 1. The van der Waals surface area contributed by atoms with Crippen LogP contribution in [0.15, 0.2) is 22.4 Å². The van der Waals surface area contributed by atoms with E-state index in [0.717, 1.165) is 4.68 Å². The van der Waals surface area contributed by atoms with E-state index >= 15 is 0 Å². The Labute approximate surface area is 181 Å². The molecule has 11 heteroatoms. The van der Waals surface area contributed by atoms with E-state index in [-0.39, 0.29) is 44.2 Å². The second-order valence-electron chi connectivity index (χ2n) is 7.22. The average Bonchev–Trinajstić information content (AvgIpc) is 3.13. The van der Waals surface area contributed by atoms with Crippen molar-refractivity contribution in [3.05, 3.63) is 50.0 Å². The van der Waals surface area contributed by atoms with Crippen molar-refractivity contribution in [2.45, 2.75) is 33.1 Å². The van der Waals surface area contributed by atoms with Crippen LogP contribution in [-0.2, 0) is 5.41 Å². The molecule has 0 atom stereocenters. The maximum Gasteiger partial charge on any atom is 0.255 e. The molecule has 3 aromatic rings. The SMILES string of the molecule is [C-]#[N+]c1c(C(C)(C)C)n[nH]c1/N=N/c1c(C)nn(-c2c(Cl)cc(Cl)cc2Cl)c1O. The molecule has 0 radical (unpaired) electrons. The van der Waals surface area contributed by atoms with Crippen molar-refractivity contribution >= 4 is 52.0 Å². The van der Waals surface area contributed by atoms with Crippen LogP contribution in [0.4, 0.5) is 17.2 Å². The first kappa shape index (κ1) is 21.1. The standard InChI is InChI=1S/C18H16Cl3N7O/c1-8-12(23-25-16-13(22-5)15(24-26-16)18(2,3)4)17(29)28(27-8)14-10(20)6-9(19)7-11(14)21/h6-7,29H,1-4H3,(H,24,26)/b25-23+. The largest absolute Gasteiger partial charge is 0.492 e. The van der Waals surface area contributed by atoms with Gasteiger partial charge in [0, 0.05) is 5.02 Å². The van der Waals surface area contributed by atoms with Crippen LogP contribution in [-0.4, -0.2) is 25.1 Å². The summed E-state index contributed by atoms with van der Waals surface area (Å²) in [4.78, 5) is 3.51. The smallest absolute Gasteiger partial charge is 0.255 e. The summed E-state index contributed by atoms with van der Waals surface area (Å²) in [6.45, 7) is 14.9. The number of rotatable bonds is 3. The van der Waals surface area contributed by atoms with Crippen LogP contribution >= 0.6 is 34.8 Å². The first-order valence-corrected chi connectivity index (χ1v) is 9.49. The highest BCUT2D eigenvalue weighted by atomic mass is 35.5. The van der Waals surface area contributed by atoms with Crippen LogP contribution < -0.4 is 0 Å². The quantitative estimate of drug-likeness (QED) is 0.336. The van der Waals surface area contributed by atoms with Gasteiger partial charge in [-0.1, -0.05) is 55.6 Å². The molecule has 0 saturated carbocycles. The zero-order valence-corrected chi connectivity index (χ0v) is 18.2. The highest BCUT2D eigenvalue weighted by molar-refractivity contribution is 6.40. The van der Waals surface area contributed by atoms with Crippen LogP contribution in [0.1, 0.15) is 32.2 Å². The minimum Gasteiger partial charge on any atom is -0.492 e. The first-order valence-electron chi connectivity index (χ1n) is 8.36. The lowest BCUT2D eigenvalue weighted by Gasteiger charge is -2.15. The number of hydrogen-bond acceptors (Lipinski definition) is 5. The molecular formula is C18H16Cl3N7O. The van der Waals surface area contributed by atoms with Gasteiger partial charge in [0.15, 0.2) is 11.5 Å². The van der Waals surface area contributed by atoms with Crippen LogP contribution in [0, 0.1) is 13.5 Å². The van der Waals surface area contributed by atoms with Crippen LogP contribution in [0.25, 0.3) is 10.5 Å². The Morgan fingerprint density at radius 1 is 1.17 bits per heavy atom. The van der Waals surface area contributed by atoms with Gasteiger partial charge in [0.1, 0.15) is 5.69 Å². The molecule has 1 aromatic carbocycles. The predicted molar refractivity (Wildman–Crippen MR) is 113 cm³/mol. The molecular weight excluding hydrogens is 437 g/mol. The Kier molecular flexibility index (Phi) is 5.59. The summed E-state index contributed by atoms with van der Waals surface area (Å²) in [6.07, 6.45) is 0. The molecule has 3 rings (SSSR count). The topological polar surface area (TPSA) is 95.8 Å². The summed E-state index contributed by atoms with van der Waals surface area (Å²) in [5.74, 6) is -0.115. The zero-order chi connectivity index (χ0) is 21.5. The second-order valence-corrected chi connectivity index (χ2v) is 8.47. The molecule has 0 unspecified atom stereocenters. The summed E-state index contributed by atoms with van der Waals surface area (Å²) in [5, 5.41) is 30.7. The van der Waals surface area contributed by atoms with Gasteiger partial charge in [0.2, 0.25) is 5.88 Å². The zero-order valence-electron chi connectivity index (χ0n) is 15.9. The number of halogens is 3. The van der Waals surface area contributed by atoms with E-state index in [2.05, 4.69) is 30.4 Å². The number of hydrogen-bond donors (Lipinski definition) is 2. The maximum absolute atomic E-state index is 10.6. The number of H-pyrrole nitrogens is 1. The Morgan fingerprint density at radius 2 is 1.79 bits per heavy atom. The van der Waals surface area contributed by atoms with E-state index in [1.807, 2.05) is 20.8 Å². The van der Waals surface area contributed by atoms with Crippen molar-refractivity contribution in [3.63, 3.8) is 0 Å². The van der Waals surface area contributed by atoms with E-state index in [0.29, 0.717) is 16.4 Å². The number of nitrogens with one attached hydrogen (secondary N) is 1. The molecule has 0 aliphatic rings. The Balaban J connectivity index is 2.06. The van der Waals surface area contributed by atoms with Crippen LogP contribution in [0.5, 0.6) is 5.88 Å². The minimum atomic E-state index is -0.338. The van der Waals surface area contributed by atoms with Gasteiger partial charge in [-0.15, -0.1) is 10.2 Å². The maximum atomic E-state index is 10.6. The van der Waals surface area contributed by atoms with Crippen LogP contribution in [0.2, 0.25) is 15.1 Å². The summed E-state index contributed by atoms with van der Waals surface area (Å²) in [5.41, 5.74) is 1.27. The van der Waals surface area contributed by atoms with Crippen molar-refractivity contribution in [1.29, 1.82) is 0 Å². The van der Waals surface area contributed by atoms with Crippen molar-refractivity contribution in [3.8, 4) is 11.6 Å². The normalized spacial score (nSPS) is 11.9. The minimum absolute atomic E-state index is 0.106. The van der Waals surface area contributed by atoms with E-state index in [4.69, 9.17) is 41.4 Å². The summed E-state index contributed by atoms with van der Waals surface area (Å²) < 4.78 is 1.16. The van der Waals surface area contributed by atoms with Crippen molar-refractivity contribution in [2.75, 3.05) is 0 Å². The van der Waals surface area contributed by atoms with E-state index in [1.165, 1.54) is 12.1 Å². The van der Waals surface area contributed by atoms with Gasteiger partial charge in [-0.05, 0) is 24.5 Å². The van der Waals surface area contributed by atoms with E-state index < -0.39 is 0 Å². The van der Waals surface area contributed by atoms with Crippen molar-refractivity contribution < 1.29 is 5.11 Å². The molecule has 0 aliphatic carbocycles. The fourth-order valence-electron chi connectivity index (χ4n) is 2.64. The van der Waals surface area contributed by atoms with Gasteiger partial charge < -0.3 is 5.11 Å². The molecule has 2 aromatic heterocycles. The Bertz CT molecular complexity index is 1140. The first-order chi connectivity index (χ1) is 13.5. The third-order valence-corrected chi connectivity index (χ3v) is 4.79. The number of aromatic hydroxyl groups is 1. The van der Waals surface area contributed by atoms with Gasteiger partial charge in [-0.25, -0.2) is 4.85 Å². The highest BCUT2D eigenvalue weighted by Crippen LogP contribution is 2.41. The van der Waals surface area contributed by atoms with Gasteiger partial charge in [-0.2, -0.15) is 14.9 Å². The molecule has 0 fully saturated rings. The molecule has 0 saturated heterocycles. The van der Waals surface area contributed by atoms with Crippen molar-refractivity contribution in [2.24, 2.45) is 10.2 Å². The average molecular weight is 453 g/mol. The number of aromatic nitrogens is 4. The van der Waals surface area contributed by atoms with Gasteiger partial charge in [-0.3, -0.25) is 5.10 Å². The Hall–Kier alpha value is -2.60. The number of benzene rings is 1. The van der Waals surface area contributed by atoms with Gasteiger partial charge >= 0.3 is 0 Å². The lowest BCUT2D eigenvalue weighted by atomic mass is 9.91. The predicted octanol–water partition coefficient (Wildman–Crippen LogP) is 6.83. The summed E-state index contributed by atoms with van der Waals surface area (Å²) >= 11 is 18.4. The van der Waals surface area contributed by atoms with E-state index in [1.54, 1.807) is 6.92 Å². The fourth-order valence-corrected chi connectivity index (χ4v) is 3.62.